The van der Waals surface area contributed by atoms with Gasteiger partial charge in [0, 0.05) is 44.3 Å². The third-order valence-corrected chi connectivity index (χ3v) is 5.15. The monoisotopic (exact) mass is 331 g/mol. The molecule has 3 rings (SSSR count). The summed E-state index contributed by atoms with van der Waals surface area (Å²) in [4.78, 5) is 16.7. The van der Waals surface area contributed by atoms with E-state index in [4.69, 9.17) is 4.74 Å². The summed E-state index contributed by atoms with van der Waals surface area (Å²) in [6.45, 7) is 5.96. The van der Waals surface area contributed by atoms with Crippen LogP contribution in [0, 0.1) is 0 Å². The molecule has 3 unspecified atom stereocenters. The molecule has 2 aliphatic rings. The zero-order valence-corrected chi connectivity index (χ0v) is 14.8. The minimum atomic E-state index is 0.130. The van der Waals surface area contributed by atoms with Gasteiger partial charge in [-0.1, -0.05) is 18.2 Å². The van der Waals surface area contributed by atoms with E-state index in [0.717, 1.165) is 25.4 Å². The lowest BCUT2D eigenvalue weighted by Crippen LogP contribution is -2.50. The quantitative estimate of drug-likeness (QED) is 0.864. The first-order chi connectivity index (χ1) is 11.6. The van der Waals surface area contributed by atoms with Crippen molar-refractivity contribution in [2.24, 2.45) is 0 Å². The molecule has 2 fully saturated rings. The second-order valence-electron chi connectivity index (χ2n) is 7.05. The molecule has 0 radical (unpaired) electrons. The Labute approximate surface area is 145 Å². The zero-order valence-electron chi connectivity index (χ0n) is 14.8. The van der Waals surface area contributed by atoms with E-state index in [1.54, 1.807) is 4.90 Å². The minimum Gasteiger partial charge on any atom is -0.374 e. The van der Waals surface area contributed by atoms with Crippen LogP contribution in [0.15, 0.2) is 30.3 Å². The standard InChI is InChI=1S/C19H29N3O2/c1-15(11-19(23)21(2)16-7-4-3-5-8-16)20-12-18-13-22-10-6-9-17(22)14-24-18/h3-5,7-8,15,17-18,20H,6,9-14H2,1-2H3. The van der Waals surface area contributed by atoms with Gasteiger partial charge in [-0.3, -0.25) is 9.69 Å². The van der Waals surface area contributed by atoms with Crippen LogP contribution in [-0.2, 0) is 9.53 Å². The molecule has 5 heteroatoms. The average molecular weight is 331 g/mol. The van der Waals surface area contributed by atoms with Crippen molar-refractivity contribution >= 4 is 11.6 Å². The molecule has 0 bridgehead atoms. The van der Waals surface area contributed by atoms with E-state index in [2.05, 4.69) is 17.1 Å². The molecule has 1 aromatic carbocycles. The lowest BCUT2D eigenvalue weighted by Gasteiger charge is -2.35. The van der Waals surface area contributed by atoms with Crippen molar-refractivity contribution in [3.63, 3.8) is 0 Å². The van der Waals surface area contributed by atoms with Crippen LogP contribution >= 0.6 is 0 Å². The number of rotatable bonds is 6. The molecule has 2 saturated heterocycles. The summed E-state index contributed by atoms with van der Waals surface area (Å²) >= 11 is 0. The maximum atomic E-state index is 12.4. The highest BCUT2D eigenvalue weighted by Gasteiger charge is 2.32. The predicted octanol–water partition coefficient (Wildman–Crippen LogP) is 1.88. The van der Waals surface area contributed by atoms with Crippen molar-refractivity contribution in [3.05, 3.63) is 30.3 Å². The summed E-state index contributed by atoms with van der Waals surface area (Å²) < 4.78 is 5.96. The SMILES string of the molecule is CC(CC(=O)N(C)c1ccccc1)NCC1CN2CCCC2CO1. The number of ether oxygens (including phenoxy) is 1. The van der Waals surface area contributed by atoms with Crippen molar-refractivity contribution in [2.75, 3.05) is 38.2 Å². The van der Waals surface area contributed by atoms with Gasteiger partial charge in [0.15, 0.2) is 0 Å². The second-order valence-corrected chi connectivity index (χ2v) is 7.05. The number of carbonyl (C=O) groups is 1. The fourth-order valence-corrected chi connectivity index (χ4v) is 3.61. The molecule has 3 atom stereocenters. The van der Waals surface area contributed by atoms with Crippen LogP contribution in [0.1, 0.15) is 26.2 Å². The van der Waals surface area contributed by atoms with Gasteiger partial charge in [-0.15, -0.1) is 0 Å². The Balaban J connectivity index is 1.40. The molecule has 0 saturated carbocycles. The van der Waals surface area contributed by atoms with Gasteiger partial charge in [0.25, 0.3) is 0 Å². The molecule has 1 N–H and O–H groups in total. The molecular formula is C19H29N3O2. The number of benzene rings is 1. The van der Waals surface area contributed by atoms with E-state index < -0.39 is 0 Å². The number of nitrogens with zero attached hydrogens (tertiary/aromatic N) is 2. The van der Waals surface area contributed by atoms with Crippen molar-refractivity contribution in [1.29, 1.82) is 0 Å². The lowest BCUT2D eigenvalue weighted by atomic mass is 10.1. The van der Waals surface area contributed by atoms with Crippen molar-refractivity contribution in [1.82, 2.24) is 10.2 Å². The Hall–Kier alpha value is -1.43. The van der Waals surface area contributed by atoms with Gasteiger partial charge in [-0.05, 0) is 38.4 Å². The number of nitrogens with one attached hydrogen (secondary N) is 1. The number of morpholine rings is 1. The lowest BCUT2D eigenvalue weighted by molar-refractivity contribution is -0.118. The molecular weight excluding hydrogens is 302 g/mol. The maximum Gasteiger partial charge on any atom is 0.228 e. The van der Waals surface area contributed by atoms with Crippen molar-refractivity contribution in [2.45, 2.75) is 44.4 Å². The molecule has 1 amide bonds. The summed E-state index contributed by atoms with van der Waals surface area (Å²) in [6, 6.07) is 10.6. The average Bonchev–Trinajstić information content (AvgIpc) is 3.07. The molecule has 24 heavy (non-hydrogen) atoms. The van der Waals surface area contributed by atoms with E-state index in [-0.39, 0.29) is 18.1 Å². The summed E-state index contributed by atoms with van der Waals surface area (Å²) in [5, 5.41) is 3.47. The van der Waals surface area contributed by atoms with Crippen LogP contribution in [0.25, 0.3) is 0 Å². The number of hydrogen-bond donors (Lipinski definition) is 1. The second kappa shape index (κ2) is 8.10. The molecule has 0 spiro atoms. The van der Waals surface area contributed by atoms with Gasteiger partial charge in [0.05, 0.1) is 12.7 Å². The Kier molecular flexibility index (Phi) is 5.87. The smallest absolute Gasteiger partial charge is 0.228 e. The van der Waals surface area contributed by atoms with E-state index in [1.807, 2.05) is 37.4 Å². The van der Waals surface area contributed by atoms with Gasteiger partial charge in [0.2, 0.25) is 5.91 Å². The molecule has 0 aromatic heterocycles. The van der Waals surface area contributed by atoms with Crippen LogP contribution < -0.4 is 10.2 Å². The van der Waals surface area contributed by atoms with Gasteiger partial charge in [-0.2, -0.15) is 0 Å². The Morgan fingerprint density at radius 2 is 2.21 bits per heavy atom. The number of para-hydroxylation sites is 1. The Morgan fingerprint density at radius 3 is 3.00 bits per heavy atom. The number of anilines is 1. The number of carbonyl (C=O) groups excluding carboxylic acids is 1. The van der Waals surface area contributed by atoms with Gasteiger partial charge in [-0.25, -0.2) is 0 Å². The summed E-state index contributed by atoms with van der Waals surface area (Å²) in [5.41, 5.74) is 0.936. The highest BCUT2D eigenvalue weighted by molar-refractivity contribution is 5.93. The molecule has 1 aromatic rings. The summed E-state index contributed by atoms with van der Waals surface area (Å²) in [7, 11) is 1.84. The van der Waals surface area contributed by atoms with Crippen LogP contribution in [0.3, 0.4) is 0 Å². The van der Waals surface area contributed by atoms with Gasteiger partial charge >= 0.3 is 0 Å². The molecule has 2 heterocycles. The van der Waals surface area contributed by atoms with Crippen LogP contribution in [0.4, 0.5) is 5.69 Å². The number of fused-ring (bicyclic) bond motifs is 1. The van der Waals surface area contributed by atoms with Crippen molar-refractivity contribution < 1.29 is 9.53 Å². The molecule has 0 aliphatic carbocycles. The number of hydrogen-bond acceptors (Lipinski definition) is 4. The fourth-order valence-electron chi connectivity index (χ4n) is 3.61. The third-order valence-electron chi connectivity index (χ3n) is 5.15. The maximum absolute atomic E-state index is 12.4. The van der Waals surface area contributed by atoms with Gasteiger partial charge in [0.1, 0.15) is 0 Å². The minimum absolute atomic E-state index is 0.130. The highest BCUT2D eigenvalue weighted by atomic mass is 16.5. The van der Waals surface area contributed by atoms with Crippen LogP contribution in [0.2, 0.25) is 0 Å². The first-order valence-corrected chi connectivity index (χ1v) is 9.04. The fraction of sp³-hybridized carbons (Fsp3) is 0.632. The topological polar surface area (TPSA) is 44.8 Å². The number of amides is 1. The highest BCUT2D eigenvalue weighted by Crippen LogP contribution is 2.22. The summed E-state index contributed by atoms with van der Waals surface area (Å²) in [6.07, 6.45) is 3.30. The van der Waals surface area contributed by atoms with E-state index >= 15 is 0 Å². The van der Waals surface area contributed by atoms with Gasteiger partial charge < -0.3 is 15.0 Å². The molecule has 5 nitrogen and oxygen atoms in total. The first-order valence-electron chi connectivity index (χ1n) is 9.04. The van der Waals surface area contributed by atoms with E-state index in [9.17, 15) is 4.79 Å². The third kappa shape index (κ3) is 4.35. The Morgan fingerprint density at radius 1 is 1.42 bits per heavy atom. The predicted molar refractivity (Wildman–Crippen MR) is 96.3 cm³/mol. The van der Waals surface area contributed by atoms with Crippen molar-refractivity contribution in [3.8, 4) is 0 Å². The first kappa shape index (κ1) is 17.4. The largest absolute Gasteiger partial charge is 0.374 e. The van der Waals surface area contributed by atoms with E-state index in [1.165, 1.54) is 19.4 Å². The zero-order chi connectivity index (χ0) is 16.9. The van der Waals surface area contributed by atoms with Crippen LogP contribution in [0.5, 0.6) is 0 Å². The van der Waals surface area contributed by atoms with Crippen LogP contribution in [-0.4, -0.2) is 62.3 Å². The molecule has 2 aliphatic heterocycles. The Bertz CT molecular complexity index is 537. The normalized spacial score (nSPS) is 25.2. The molecule has 132 valence electrons. The summed E-state index contributed by atoms with van der Waals surface area (Å²) in [5.74, 6) is 0.130. The van der Waals surface area contributed by atoms with E-state index in [0.29, 0.717) is 12.5 Å².